The smallest absolute Gasteiger partial charge is 0.233 e. The van der Waals surface area contributed by atoms with Gasteiger partial charge in [0.15, 0.2) is 0 Å². The molecule has 11 heavy (non-hydrogen) atoms. The molecular formula is C7H15N3O. The van der Waals surface area contributed by atoms with Crippen molar-refractivity contribution in [2.45, 2.75) is 19.3 Å². The van der Waals surface area contributed by atoms with Gasteiger partial charge in [0.2, 0.25) is 5.96 Å². The molecule has 4 heteroatoms. The van der Waals surface area contributed by atoms with Crippen LogP contribution in [0.1, 0.15) is 19.3 Å². The minimum absolute atomic E-state index is 0.205. The van der Waals surface area contributed by atoms with Crippen molar-refractivity contribution in [3.05, 3.63) is 0 Å². The molecule has 0 aromatic carbocycles. The molecule has 64 valence electrons. The quantitative estimate of drug-likeness (QED) is 0.264. The topological polar surface area (TPSA) is 61.8 Å². The number of oxime groups is 1. The Labute approximate surface area is 66.7 Å². The van der Waals surface area contributed by atoms with E-state index in [-0.39, 0.29) is 5.96 Å². The summed E-state index contributed by atoms with van der Waals surface area (Å²) >= 11 is 0. The number of nitrogens with two attached hydrogens (primary N) is 1. The van der Waals surface area contributed by atoms with Crippen LogP contribution >= 0.6 is 0 Å². The third kappa shape index (κ3) is 2.00. The maximum absolute atomic E-state index is 8.33. The van der Waals surface area contributed by atoms with E-state index in [1.807, 2.05) is 7.05 Å². The highest BCUT2D eigenvalue weighted by atomic mass is 16.4. The van der Waals surface area contributed by atoms with Gasteiger partial charge in [0.1, 0.15) is 0 Å². The van der Waals surface area contributed by atoms with Crippen LogP contribution in [0, 0.1) is 5.92 Å². The number of hydrogen-bond acceptors (Lipinski definition) is 2. The molecule has 0 amide bonds. The Hall–Kier alpha value is -0.930. The first-order valence-corrected chi connectivity index (χ1v) is 3.92. The van der Waals surface area contributed by atoms with Crippen LogP contribution < -0.4 is 5.73 Å². The van der Waals surface area contributed by atoms with Crippen LogP contribution in [0.5, 0.6) is 0 Å². The minimum Gasteiger partial charge on any atom is -0.408 e. The van der Waals surface area contributed by atoms with E-state index < -0.39 is 0 Å². The Balaban J connectivity index is 2.24. The summed E-state index contributed by atoms with van der Waals surface area (Å²) in [7, 11) is 1.84. The molecule has 0 saturated heterocycles. The Bertz CT molecular complexity index is 154. The summed E-state index contributed by atoms with van der Waals surface area (Å²) in [6.07, 6.45) is 3.89. The summed E-state index contributed by atoms with van der Waals surface area (Å²) < 4.78 is 0. The van der Waals surface area contributed by atoms with E-state index in [2.05, 4.69) is 5.16 Å². The number of guanidine groups is 1. The highest BCUT2D eigenvalue weighted by molar-refractivity contribution is 5.76. The zero-order valence-electron chi connectivity index (χ0n) is 6.82. The average molecular weight is 157 g/mol. The Morgan fingerprint density at radius 2 is 2.36 bits per heavy atom. The van der Waals surface area contributed by atoms with Crippen molar-refractivity contribution in [2.24, 2.45) is 16.8 Å². The molecule has 0 aromatic heterocycles. The van der Waals surface area contributed by atoms with E-state index in [9.17, 15) is 0 Å². The van der Waals surface area contributed by atoms with Gasteiger partial charge >= 0.3 is 0 Å². The second-order valence-electron chi connectivity index (χ2n) is 3.14. The number of hydrogen-bond donors (Lipinski definition) is 2. The number of nitrogens with zero attached hydrogens (tertiary/aromatic N) is 2. The summed E-state index contributed by atoms with van der Waals surface area (Å²) in [4.78, 5) is 1.78. The fourth-order valence-electron chi connectivity index (χ4n) is 1.23. The molecule has 1 aliphatic rings. The molecule has 0 heterocycles. The molecule has 0 aliphatic heterocycles. The Morgan fingerprint density at radius 1 is 1.73 bits per heavy atom. The molecule has 3 N–H and O–H groups in total. The van der Waals surface area contributed by atoms with E-state index in [0.717, 1.165) is 12.5 Å². The average Bonchev–Trinajstić information content (AvgIpc) is 1.94. The lowest BCUT2D eigenvalue weighted by Crippen LogP contribution is -2.38. The summed E-state index contributed by atoms with van der Waals surface area (Å²) in [6, 6.07) is 0. The first-order chi connectivity index (χ1) is 5.24. The van der Waals surface area contributed by atoms with Crippen LogP contribution in [0.4, 0.5) is 0 Å². The van der Waals surface area contributed by atoms with Crippen LogP contribution in [0.15, 0.2) is 5.16 Å². The van der Waals surface area contributed by atoms with Crippen molar-refractivity contribution in [1.82, 2.24) is 4.90 Å². The molecule has 0 aromatic rings. The first kappa shape index (κ1) is 8.17. The lowest BCUT2D eigenvalue weighted by atomic mass is 9.85. The molecule has 1 aliphatic carbocycles. The summed E-state index contributed by atoms with van der Waals surface area (Å²) in [5.41, 5.74) is 5.37. The van der Waals surface area contributed by atoms with E-state index >= 15 is 0 Å². The van der Waals surface area contributed by atoms with E-state index in [1.54, 1.807) is 4.90 Å². The predicted molar refractivity (Wildman–Crippen MR) is 43.4 cm³/mol. The van der Waals surface area contributed by atoms with Crippen molar-refractivity contribution in [3.63, 3.8) is 0 Å². The lowest BCUT2D eigenvalue weighted by Gasteiger charge is -2.30. The van der Waals surface area contributed by atoms with E-state index in [0.29, 0.717) is 0 Å². The fourth-order valence-corrected chi connectivity index (χ4v) is 1.23. The van der Waals surface area contributed by atoms with Gasteiger partial charge in [-0.1, -0.05) is 11.6 Å². The van der Waals surface area contributed by atoms with Crippen molar-refractivity contribution < 1.29 is 5.21 Å². The molecule has 0 spiro atoms. The van der Waals surface area contributed by atoms with E-state index in [1.165, 1.54) is 19.3 Å². The maximum atomic E-state index is 8.33. The van der Waals surface area contributed by atoms with Gasteiger partial charge in [-0.05, 0) is 18.8 Å². The molecule has 0 bridgehead atoms. The Morgan fingerprint density at radius 3 is 2.73 bits per heavy atom. The zero-order chi connectivity index (χ0) is 8.27. The maximum Gasteiger partial charge on any atom is 0.233 e. The van der Waals surface area contributed by atoms with Gasteiger partial charge in [0.05, 0.1) is 0 Å². The summed E-state index contributed by atoms with van der Waals surface area (Å²) in [5, 5.41) is 11.3. The summed E-state index contributed by atoms with van der Waals surface area (Å²) in [6.45, 7) is 0.913. The van der Waals surface area contributed by atoms with Gasteiger partial charge in [-0.2, -0.15) is 0 Å². The van der Waals surface area contributed by atoms with Crippen LogP contribution in [0.3, 0.4) is 0 Å². The van der Waals surface area contributed by atoms with Crippen LogP contribution in [-0.2, 0) is 0 Å². The van der Waals surface area contributed by atoms with Crippen molar-refractivity contribution in [1.29, 1.82) is 0 Å². The van der Waals surface area contributed by atoms with Gasteiger partial charge in [-0.3, -0.25) is 0 Å². The Kier molecular flexibility index (Phi) is 2.57. The highest BCUT2D eigenvalue weighted by Gasteiger charge is 2.19. The van der Waals surface area contributed by atoms with Gasteiger partial charge < -0.3 is 15.8 Å². The second kappa shape index (κ2) is 3.46. The van der Waals surface area contributed by atoms with Gasteiger partial charge in [-0.25, -0.2) is 0 Å². The van der Waals surface area contributed by atoms with Crippen molar-refractivity contribution in [2.75, 3.05) is 13.6 Å². The normalized spacial score (nSPS) is 19.5. The van der Waals surface area contributed by atoms with E-state index in [4.69, 9.17) is 10.9 Å². The molecule has 0 radical (unpaired) electrons. The van der Waals surface area contributed by atoms with Crippen LogP contribution in [0.2, 0.25) is 0 Å². The number of rotatable bonds is 2. The van der Waals surface area contributed by atoms with Gasteiger partial charge in [-0.15, -0.1) is 0 Å². The van der Waals surface area contributed by atoms with Gasteiger partial charge in [0.25, 0.3) is 0 Å². The standard InChI is InChI=1S/C7H15N3O/c1-10(7(8)9-11)5-6-3-2-4-6/h6,11H,2-5H2,1H3,(H2,8,9). The summed E-state index contributed by atoms with van der Waals surface area (Å²) in [5.74, 6) is 0.956. The zero-order valence-corrected chi connectivity index (χ0v) is 6.82. The molecule has 1 fully saturated rings. The largest absolute Gasteiger partial charge is 0.408 e. The first-order valence-electron chi connectivity index (χ1n) is 3.92. The molecule has 0 atom stereocenters. The fraction of sp³-hybridized carbons (Fsp3) is 0.857. The monoisotopic (exact) mass is 157 g/mol. The SMILES string of the molecule is CN(CC1CCC1)/C(N)=N/O. The molecule has 1 rings (SSSR count). The predicted octanol–water partition coefficient (Wildman–Crippen LogP) is 0.422. The molecule has 1 saturated carbocycles. The van der Waals surface area contributed by atoms with Crippen LogP contribution in [0.25, 0.3) is 0 Å². The molecule has 4 nitrogen and oxygen atoms in total. The third-order valence-corrected chi connectivity index (χ3v) is 2.25. The second-order valence-corrected chi connectivity index (χ2v) is 3.14. The minimum atomic E-state index is 0.205. The highest BCUT2D eigenvalue weighted by Crippen LogP contribution is 2.26. The van der Waals surface area contributed by atoms with Crippen LogP contribution in [-0.4, -0.2) is 29.7 Å². The van der Waals surface area contributed by atoms with Crippen molar-refractivity contribution >= 4 is 5.96 Å². The molecular weight excluding hydrogens is 142 g/mol. The van der Waals surface area contributed by atoms with Gasteiger partial charge in [0, 0.05) is 13.6 Å². The molecule has 0 unspecified atom stereocenters. The third-order valence-electron chi connectivity index (χ3n) is 2.25. The van der Waals surface area contributed by atoms with Crippen molar-refractivity contribution in [3.8, 4) is 0 Å². The lowest BCUT2D eigenvalue weighted by molar-refractivity contribution is 0.246.